The molecule has 7 nitrogen and oxygen atoms in total. The van der Waals surface area contributed by atoms with Gasteiger partial charge in [0.25, 0.3) is 0 Å². The smallest absolute Gasteiger partial charge is 0.321 e. The Labute approximate surface area is 142 Å². The molecule has 132 valence electrons. The molecule has 1 heterocycles. The highest BCUT2D eigenvalue weighted by atomic mass is 16.6. The number of hydrogen-bond donors (Lipinski definition) is 2. The molecule has 1 aromatic carbocycles. The summed E-state index contributed by atoms with van der Waals surface area (Å²) in [4.78, 5) is 25.4. The maximum atomic E-state index is 11.9. The number of para-hydroxylation sites is 2. The zero-order chi connectivity index (χ0) is 17.7. The van der Waals surface area contributed by atoms with Crippen LogP contribution in [0, 0.1) is 0 Å². The molecule has 2 N–H and O–H groups in total. The lowest BCUT2D eigenvalue weighted by Gasteiger charge is -2.29. The number of ether oxygens (including phenoxy) is 2. The van der Waals surface area contributed by atoms with Gasteiger partial charge in [0.05, 0.1) is 6.54 Å². The number of fused-ring (bicyclic) bond motifs is 1. The van der Waals surface area contributed by atoms with E-state index in [1.807, 2.05) is 45.0 Å². The number of likely N-dealkylation sites (N-methyl/N-ethyl adjacent to an activating group) is 1. The second kappa shape index (κ2) is 7.53. The van der Waals surface area contributed by atoms with Crippen molar-refractivity contribution in [1.82, 2.24) is 15.5 Å². The Morgan fingerprint density at radius 3 is 2.58 bits per heavy atom. The second-order valence-electron chi connectivity index (χ2n) is 6.95. The molecule has 0 fully saturated rings. The number of hydrogen-bond acceptors (Lipinski definition) is 5. The molecule has 1 aliphatic rings. The first-order chi connectivity index (χ1) is 11.2. The van der Waals surface area contributed by atoms with E-state index in [1.165, 1.54) is 0 Å². The molecule has 3 amide bonds. The third-order valence-corrected chi connectivity index (χ3v) is 3.24. The average molecular weight is 335 g/mol. The van der Waals surface area contributed by atoms with E-state index in [9.17, 15) is 9.59 Å². The first kappa shape index (κ1) is 18.1. The van der Waals surface area contributed by atoms with Crippen LogP contribution in [-0.4, -0.2) is 55.2 Å². The Hall–Kier alpha value is -2.28. The van der Waals surface area contributed by atoms with Gasteiger partial charge in [0.2, 0.25) is 5.91 Å². The number of benzene rings is 1. The second-order valence-corrected chi connectivity index (χ2v) is 6.95. The van der Waals surface area contributed by atoms with Crippen LogP contribution in [-0.2, 0) is 4.79 Å². The molecular formula is C17H25N3O4. The lowest BCUT2D eigenvalue weighted by atomic mass is 10.1. The molecule has 0 saturated carbocycles. The van der Waals surface area contributed by atoms with Crippen molar-refractivity contribution in [3.05, 3.63) is 24.3 Å². The van der Waals surface area contributed by atoms with Gasteiger partial charge in [-0.05, 0) is 40.0 Å². The van der Waals surface area contributed by atoms with Crippen molar-refractivity contribution in [3.63, 3.8) is 0 Å². The van der Waals surface area contributed by atoms with Crippen LogP contribution in [0.2, 0.25) is 0 Å². The van der Waals surface area contributed by atoms with Crippen LogP contribution >= 0.6 is 0 Å². The first-order valence-corrected chi connectivity index (χ1v) is 7.92. The predicted molar refractivity (Wildman–Crippen MR) is 90.3 cm³/mol. The monoisotopic (exact) mass is 335 g/mol. The maximum absolute atomic E-state index is 11.9. The fraction of sp³-hybridized carbons (Fsp3) is 0.529. The normalized spacial score (nSPS) is 16.6. The average Bonchev–Trinajstić information content (AvgIpc) is 2.44. The highest BCUT2D eigenvalue weighted by Gasteiger charge is 2.23. The summed E-state index contributed by atoms with van der Waals surface area (Å²) in [5, 5.41) is 5.00. The van der Waals surface area contributed by atoms with Gasteiger partial charge in [0.1, 0.15) is 12.7 Å². The molecule has 7 heteroatoms. The van der Waals surface area contributed by atoms with E-state index >= 15 is 0 Å². The Morgan fingerprint density at radius 2 is 1.92 bits per heavy atom. The van der Waals surface area contributed by atoms with Gasteiger partial charge in [0.15, 0.2) is 11.5 Å². The number of nitrogens with one attached hydrogen (secondary N) is 2. The fourth-order valence-electron chi connectivity index (χ4n) is 2.35. The minimum absolute atomic E-state index is 0.0963. The lowest BCUT2D eigenvalue weighted by Crippen LogP contribution is -2.50. The molecule has 1 atom stereocenters. The number of amides is 3. The topological polar surface area (TPSA) is 79.9 Å². The number of urea groups is 1. The number of nitrogens with zero attached hydrogens (tertiary/aromatic N) is 1. The quantitative estimate of drug-likeness (QED) is 0.869. The molecule has 0 radical (unpaired) electrons. The lowest BCUT2D eigenvalue weighted by molar-refractivity contribution is -0.121. The van der Waals surface area contributed by atoms with Crippen LogP contribution in [0.15, 0.2) is 24.3 Å². The van der Waals surface area contributed by atoms with Gasteiger partial charge < -0.3 is 14.8 Å². The summed E-state index contributed by atoms with van der Waals surface area (Å²) in [5.74, 6) is 1.07. The molecule has 2 rings (SSSR count). The highest BCUT2D eigenvalue weighted by Crippen LogP contribution is 2.30. The highest BCUT2D eigenvalue weighted by molar-refractivity contribution is 5.95. The van der Waals surface area contributed by atoms with Crippen LogP contribution in [0.1, 0.15) is 20.8 Å². The summed E-state index contributed by atoms with van der Waals surface area (Å²) in [6.07, 6.45) is -0.166. The van der Waals surface area contributed by atoms with Crippen LogP contribution < -0.4 is 20.1 Å². The van der Waals surface area contributed by atoms with Crippen molar-refractivity contribution in [1.29, 1.82) is 0 Å². The van der Waals surface area contributed by atoms with Crippen molar-refractivity contribution < 1.29 is 19.1 Å². The standard InChI is InChI=1S/C17H25N3O4/c1-17(2,3)19-16(22)18-15(21)10-20(4)9-12-11-23-13-7-5-6-8-14(13)24-12/h5-8,12H,9-11H2,1-4H3,(H2,18,19,21,22)/t12-/m0/s1. The zero-order valence-electron chi connectivity index (χ0n) is 14.6. The van der Waals surface area contributed by atoms with E-state index in [-0.39, 0.29) is 18.6 Å². The van der Waals surface area contributed by atoms with Crippen LogP contribution in [0.25, 0.3) is 0 Å². The van der Waals surface area contributed by atoms with Crippen molar-refractivity contribution in [3.8, 4) is 11.5 Å². The summed E-state index contributed by atoms with van der Waals surface area (Å²) >= 11 is 0. The summed E-state index contributed by atoms with van der Waals surface area (Å²) in [7, 11) is 1.80. The van der Waals surface area contributed by atoms with E-state index in [0.717, 1.165) is 5.75 Å². The fourth-order valence-corrected chi connectivity index (χ4v) is 2.35. The SMILES string of the molecule is CN(CC(=O)NC(=O)NC(C)(C)C)C[C@H]1COc2ccccc2O1. The van der Waals surface area contributed by atoms with E-state index in [1.54, 1.807) is 11.9 Å². The van der Waals surface area contributed by atoms with Crippen LogP contribution in [0.4, 0.5) is 4.79 Å². The summed E-state index contributed by atoms with van der Waals surface area (Å²) < 4.78 is 11.5. The largest absolute Gasteiger partial charge is 0.486 e. The number of rotatable bonds is 4. The van der Waals surface area contributed by atoms with Crippen LogP contribution in [0.5, 0.6) is 11.5 Å². The summed E-state index contributed by atoms with van der Waals surface area (Å²) in [6, 6.07) is 6.99. The first-order valence-electron chi connectivity index (χ1n) is 7.92. The maximum Gasteiger partial charge on any atom is 0.321 e. The molecule has 0 unspecified atom stereocenters. The van der Waals surface area contributed by atoms with Crippen molar-refractivity contribution in [2.75, 3.05) is 26.7 Å². The Bertz CT molecular complexity index is 598. The molecule has 1 aliphatic heterocycles. The van der Waals surface area contributed by atoms with Gasteiger partial charge >= 0.3 is 6.03 Å². The van der Waals surface area contributed by atoms with Gasteiger partial charge in [-0.3, -0.25) is 15.0 Å². The molecule has 0 bridgehead atoms. The van der Waals surface area contributed by atoms with Gasteiger partial charge in [-0.1, -0.05) is 12.1 Å². The third kappa shape index (κ3) is 5.73. The number of carbonyl (C=O) groups excluding carboxylic acids is 2. The predicted octanol–water partition coefficient (Wildman–Crippen LogP) is 1.38. The Kier molecular flexibility index (Phi) is 5.66. The molecule has 0 saturated heterocycles. The number of carbonyl (C=O) groups is 2. The van der Waals surface area contributed by atoms with Gasteiger partial charge in [0, 0.05) is 12.1 Å². The minimum atomic E-state index is -0.493. The molecule has 0 spiro atoms. The number of imide groups is 1. The Morgan fingerprint density at radius 1 is 1.25 bits per heavy atom. The Balaban J connectivity index is 1.76. The van der Waals surface area contributed by atoms with E-state index in [0.29, 0.717) is 18.9 Å². The molecule has 0 aromatic heterocycles. The van der Waals surface area contributed by atoms with E-state index < -0.39 is 11.6 Å². The molecular weight excluding hydrogens is 310 g/mol. The van der Waals surface area contributed by atoms with Crippen molar-refractivity contribution >= 4 is 11.9 Å². The minimum Gasteiger partial charge on any atom is -0.486 e. The van der Waals surface area contributed by atoms with E-state index in [4.69, 9.17) is 9.47 Å². The molecule has 24 heavy (non-hydrogen) atoms. The van der Waals surface area contributed by atoms with Crippen molar-refractivity contribution in [2.24, 2.45) is 0 Å². The molecule has 0 aliphatic carbocycles. The van der Waals surface area contributed by atoms with E-state index in [2.05, 4.69) is 10.6 Å². The summed E-state index contributed by atoms with van der Waals surface area (Å²) in [6.45, 7) is 6.58. The van der Waals surface area contributed by atoms with Gasteiger partial charge in [-0.15, -0.1) is 0 Å². The zero-order valence-corrected chi connectivity index (χ0v) is 14.6. The van der Waals surface area contributed by atoms with Gasteiger partial charge in [-0.2, -0.15) is 0 Å². The van der Waals surface area contributed by atoms with Crippen LogP contribution in [0.3, 0.4) is 0 Å². The molecule has 1 aromatic rings. The third-order valence-electron chi connectivity index (χ3n) is 3.24. The summed E-state index contributed by atoms with van der Waals surface area (Å²) in [5.41, 5.74) is -0.392. The van der Waals surface area contributed by atoms with Gasteiger partial charge in [-0.25, -0.2) is 4.79 Å². The van der Waals surface area contributed by atoms with Crippen molar-refractivity contribution in [2.45, 2.75) is 32.4 Å².